The van der Waals surface area contributed by atoms with Gasteiger partial charge in [0, 0.05) is 17.7 Å². The summed E-state index contributed by atoms with van der Waals surface area (Å²) < 4.78 is 5.22. The van der Waals surface area contributed by atoms with Crippen molar-refractivity contribution in [3.05, 3.63) is 48.4 Å². The summed E-state index contributed by atoms with van der Waals surface area (Å²) >= 11 is 0. The van der Waals surface area contributed by atoms with E-state index in [0.29, 0.717) is 17.7 Å². The highest BCUT2D eigenvalue weighted by Gasteiger charge is 2.27. The highest BCUT2D eigenvalue weighted by Crippen LogP contribution is 2.23. The van der Waals surface area contributed by atoms with Gasteiger partial charge in [0.2, 0.25) is 0 Å². The van der Waals surface area contributed by atoms with Gasteiger partial charge in [0.05, 0.1) is 12.0 Å². The number of rotatable bonds is 10. The van der Waals surface area contributed by atoms with E-state index in [4.69, 9.17) is 4.42 Å². The van der Waals surface area contributed by atoms with Gasteiger partial charge in [-0.3, -0.25) is 14.9 Å². The van der Waals surface area contributed by atoms with Gasteiger partial charge in [-0.1, -0.05) is 32.0 Å². The van der Waals surface area contributed by atoms with Gasteiger partial charge in [0.15, 0.2) is 0 Å². The Kier molecular flexibility index (Phi) is 6.80. The van der Waals surface area contributed by atoms with Crippen LogP contribution in [-0.2, 0) is 16.0 Å². The van der Waals surface area contributed by atoms with Crippen LogP contribution in [0.15, 0.2) is 47.3 Å². The molecule has 0 amide bonds. The maximum atomic E-state index is 11.6. The SMILES string of the molecule is CC(C)CC(NC(Cc1cocc1Nc1ccccc1)C(=O)O)C(=O)O. The minimum Gasteiger partial charge on any atom is -0.480 e. The zero-order chi connectivity index (χ0) is 19.1. The molecule has 0 spiro atoms. The summed E-state index contributed by atoms with van der Waals surface area (Å²) in [5, 5.41) is 24.8. The first-order chi connectivity index (χ1) is 12.4. The lowest BCUT2D eigenvalue weighted by Gasteiger charge is -2.21. The third-order valence-electron chi connectivity index (χ3n) is 3.92. The molecule has 4 N–H and O–H groups in total. The Bertz CT molecular complexity index is 727. The molecule has 2 aromatic rings. The lowest BCUT2D eigenvalue weighted by molar-refractivity contribution is -0.142. The highest BCUT2D eigenvalue weighted by atomic mass is 16.4. The van der Waals surface area contributed by atoms with Crippen LogP contribution in [-0.4, -0.2) is 34.2 Å². The summed E-state index contributed by atoms with van der Waals surface area (Å²) in [5.41, 5.74) is 2.15. The van der Waals surface area contributed by atoms with Crippen molar-refractivity contribution in [2.24, 2.45) is 5.92 Å². The summed E-state index contributed by atoms with van der Waals surface area (Å²) in [6, 6.07) is 7.46. The minimum absolute atomic E-state index is 0.100. The molecule has 0 saturated heterocycles. The highest BCUT2D eigenvalue weighted by molar-refractivity contribution is 5.78. The molecule has 0 bridgehead atoms. The topological polar surface area (TPSA) is 112 Å². The molecule has 7 nitrogen and oxygen atoms in total. The molecule has 0 fully saturated rings. The number of hydrogen-bond acceptors (Lipinski definition) is 5. The largest absolute Gasteiger partial charge is 0.480 e. The lowest BCUT2D eigenvalue weighted by atomic mass is 10.0. The Morgan fingerprint density at radius 1 is 1.04 bits per heavy atom. The molecule has 26 heavy (non-hydrogen) atoms. The predicted molar refractivity (Wildman–Crippen MR) is 97.6 cm³/mol. The van der Waals surface area contributed by atoms with Crippen molar-refractivity contribution in [1.82, 2.24) is 5.32 Å². The molecule has 2 rings (SSSR count). The molecule has 0 radical (unpaired) electrons. The van der Waals surface area contributed by atoms with E-state index in [2.05, 4.69) is 10.6 Å². The number of para-hydroxylation sites is 1. The Hall–Kier alpha value is -2.80. The molecule has 1 aromatic heterocycles. The molecule has 0 saturated carbocycles. The van der Waals surface area contributed by atoms with Crippen LogP contribution in [0.25, 0.3) is 0 Å². The number of furan rings is 1. The number of aliphatic carboxylic acids is 2. The van der Waals surface area contributed by atoms with Crippen molar-refractivity contribution >= 4 is 23.3 Å². The van der Waals surface area contributed by atoms with E-state index < -0.39 is 24.0 Å². The number of hydrogen-bond donors (Lipinski definition) is 4. The zero-order valence-corrected chi connectivity index (χ0v) is 14.8. The van der Waals surface area contributed by atoms with E-state index in [9.17, 15) is 19.8 Å². The first-order valence-electron chi connectivity index (χ1n) is 8.45. The molecular formula is C19H24N2O5. The third-order valence-corrected chi connectivity index (χ3v) is 3.92. The van der Waals surface area contributed by atoms with E-state index in [0.717, 1.165) is 5.69 Å². The molecule has 0 aliphatic rings. The van der Waals surface area contributed by atoms with E-state index in [-0.39, 0.29) is 12.3 Å². The molecule has 2 unspecified atom stereocenters. The zero-order valence-electron chi connectivity index (χ0n) is 14.8. The summed E-state index contributed by atoms with van der Waals surface area (Å²) in [7, 11) is 0. The average Bonchev–Trinajstić information content (AvgIpc) is 3.00. The number of nitrogens with one attached hydrogen (secondary N) is 2. The van der Waals surface area contributed by atoms with Crippen LogP contribution in [0.1, 0.15) is 25.8 Å². The maximum Gasteiger partial charge on any atom is 0.321 e. The Morgan fingerprint density at radius 3 is 2.27 bits per heavy atom. The van der Waals surface area contributed by atoms with Gasteiger partial charge in [0.1, 0.15) is 18.3 Å². The van der Waals surface area contributed by atoms with Gasteiger partial charge >= 0.3 is 11.9 Å². The standard InChI is InChI=1S/C19H24N2O5/c1-12(2)8-15(18(22)23)21-16(19(24)25)9-13-10-26-11-17(13)20-14-6-4-3-5-7-14/h3-7,10-12,15-16,20-21H,8-9H2,1-2H3,(H,22,23)(H,24,25). The van der Waals surface area contributed by atoms with Crippen molar-refractivity contribution in [3.8, 4) is 0 Å². The molecule has 2 atom stereocenters. The van der Waals surface area contributed by atoms with Crippen LogP contribution in [0.5, 0.6) is 0 Å². The van der Waals surface area contributed by atoms with Gasteiger partial charge < -0.3 is 19.9 Å². The van der Waals surface area contributed by atoms with Crippen LogP contribution in [0, 0.1) is 5.92 Å². The second-order valence-electron chi connectivity index (χ2n) is 6.58. The summed E-state index contributed by atoms with van der Waals surface area (Å²) in [4.78, 5) is 23.1. The van der Waals surface area contributed by atoms with Gasteiger partial charge in [-0.05, 0) is 24.5 Å². The summed E-state index contributed by atoms with van der Waals surface area (Å²) in [6.45, 7) is 3.79. The monoisotopic (exact) mass is 360 g/mol. The summed E-state index contributed by atoms with van der Waals surface area (Å²) in [5.74, 6) is -2.03. The smallest absolute Gasteiger partial charge is 0.321 e. The lowest BCUT2D eigenvalue weighted by Crippen LogP contribution is -2.48. The molecule has 1 aromatic carbocycles. The number of carboxylic acid groups (broad SMARTS) is 2. The van der Waals surface area contributed by atoms with Crippen LogP contribution >= 0.6 is 0 Å². The van der Waals surface area contributed by atoms with Crippen molar-refractivity contribution in [2.45, 2.75) is 38.8 Å². The molecule has 1 heterocycles. The summed E-state index contributed by atoms with van der Waals surface area (Å²) in [6.07, 6.45) is 3.42. The van der Waals surface area contributed by atoms with Crippen molar-refractivity contribution in [2.75, 3.05) is 5.32 Å². The number of carbonyl (C=O) groups is 2. The van der Waals surface area contributed by atoms with Crippen LogP contribution in [0.2, 0.25) is 0 Å². The quantitative estimate of drug-likeness (QED) is 0.515. The minimum atomic E-state index is -1.10. The molecule has 7 heteroatoms. The van der Waals surface area contributed by atoms with Crippen LogP contribution in [0.3, 0.4) is 0 Å². The Balaban J connectivity index is 2.12. The Labute approximate surface area is 152 Å². The van der Waals surface area contributed by atoms with Crippen LogP contribution in [0.4, 0.5) is 11.4 Å². The normalized spacial score (nSPS) is 13.3. The van der Waals surface area contributed by atoms with E-state index in [1.807, 2.05) is 44.2 Å². The van der Waals surface area contributed by atoms with Gasteiger partial charge in [-0.2, -0.15) is 0 Å². The molecule has 140 valence electrons. The van der Waals surface area contributed by atoms with E-state index >= 15 is 0 Å². The Morgan fingerprint density at radius 2 is 1.69 bits per heavy atom. The van der Waals surface area contributed by atoms with Crippen LogP contribution < -0.4 is 10.6 Å². The fraction of sp³-hybridized carbons (Fsp3) is 0.368. The van der Waals surface area contributed by atoms with Gasteiger partial charge in [-0.25, -0.2) is 0 Å². The number of benzene rings is 1. The maximum absolute atomic E-state index is 11.6. The fourth-order valence-corrected chi connectivity index (χ4v) is 2.66. The third kappa shape index (κ3) is 5.63. The van der Waals surface area contributed by atoms with Gasteiger partial charge in [-0.15, -0.1) is 0 Å². The average molecular weight is 360 g/mol. The van der Waals surface area contributed by atoms with E-state index in [1.165, 1.54) is 12.5 Å². The number of carboxylic acids is 2. The van der Waals surface area contributed by atoms with E-state index in [1.54, 1.807) is 0 Å². The first kappa shape index (κ1) is 19.5. The van der Waals surface area contributed by atoms with Crippen molar-refractivity contribution in [3.63, 3.8) is 0 Å². The second kappa shape index (κ2) is 9.05. The molecular weight excluding hydrogens is 336 g/mol. The predicted octanol–water partition coefficient (Wildman–Crippen LogP) is 3.11. The fourth-order valence-electron chi connectivity index (χ4n) is 2.66. The van der Waals surface area contributed by atoms with Crippen molar-refractivity contribution < 1.29 is 24.2 Å². The van der Waals surface area contributed by atoms with Crippen molar-refractivity contribution in [1.29, 1.82) is 0 Å². The number of anilines is 2. The first-order valence-corrected chi connectivity index (χ1v) is 8.45. The molecule has 0 aliphatic carbocycles. The second-order valence-corrected chi connectivity index (χ2v) is 6.58. The molecule has 0 aliphatic heterocycles. The van der Waals surface area contributed by atoms with Gasteiger partial charge in [0.25, 0.3) is 0 Å².